The zero-order chi connectivity index (χ0) is 25.6. The van der Waals surface area contributed by atoms with Crippen LogP contribution in [0.1, 0.15) is 11.1 Å². The van der Waals surface area contributed by atoms with Crippen LogP contribution in [0.3, 0.4) is 0 Å². The van der Waals surface area contributed by atoms with Gasteiger partial charge in [-0.15, -0.1) is 0 Å². The molecule has 9 nitrogen and oxygen atoms in total. The molecule has 0 bridgehead atoms. The molecule has 0 spiro atoms. The molecule has 0 saturated heterocycles. The van der Waals surface area contributed by atoms with Crippen LogP contribution >= 0.6 is 11.3 Å². The van der Waals surface area contributed by atoms with Crippen molar-refractivity contribution in [3.63, 3.8) is 0 Å². The molecule has 5 rings (SSSR count). The highest BCUT2D eigenvalue weighted by atomic mass is 32.1. The minimum Gasteiger partial charge on any atom is -0.315 e. The van der Waals surface area contributed by atoms with Gasteiger partial charge in [0.1, 0.15) is 6.54 Å². The number of carbonyl (C=O) groups excluding carboxylic acids is 1. The number of anilines is 1. The maximum Gasteiger partial charge on any atom is 0.332 e. The minimum absolute atomic E-state index is 0.150. The van der Waals surface area contributed by atoms with Crippen molar-refractivity contribution >= 4 is 33.5 Å². The predicted octanol–water partition coefficient (Wildman–Crippen LogP) is 3.48. The molecular formula is C26H24N6O3S. The van der Waals surface area contributed by atoms with Gasteiger partial charge in [0.05, 0.1) is 16.9 Å². The van der Waals surface area contributed by atoms with E-state index in [0.717, 1.165) is 37.4 Å². The summed E-state index contributed by atoms with van der Waals surface area (Å²) in [4.78, 5) is 47.8. The lowest BCUT2D eigenvalue weighted by Gasteiger charge is -2.07. The highest BCUT2D eigenvalue weighted by Crippen LogP contribution is 2.41. The fourth-order valence-corrected chi connectivity index (χ4v) is 5.32. The van der Waals surface area contributed by atoms with Crippen molar-refractivity contribution in [2.75, 3.05) is 5.32 Å². The molecule has 0 fully saturated rings. The van der Waals surface area contributed by atoms with Crippen LogP contribution in [-0.2, 0) is 25.4 Å². The SMILES string of the molecule is Cc1ccccc1-c1nc(NC(=O)Cn2cnc3c2c(=O)n(C)c(=O)n3C)sc1-c1ccccc1C. The third-order valence-corrected chi connectivity index (χ3v) is 7.20. The van der Waals surface area contributed by atoms with Crippen LogP contribution in [0, 0.1) is 13.8 Å². The second-order valence-electron chi connectivity index (χ2n) is 8.63. The molecular weight excluding hydrogens is 476 g/mol. The first-order valence-electron chi connectivity index (χ1n) is 11.3. The summed E-state index contributed by atoms with van der Waals surface area (Å²) >= 11 is 1.41. The van der Waals surface area contributed by atoms with Crippen molar-refractivity contribution in [2.45, 2.75) is 20.4 Å². The van der Waals surface area contributed by atoms with E-state index in [-0.39, 0.29) is 23.6 Å². The number of hydrogen-bond donors (Lipinski definition) is 1. The van der Waals surface area contributed by atoms with Crippen molar-refractivity contribution in [3.8, 4) is 21.7 Å². The molecule has 3 aromatic heterocycles. The Morgan fingerprint density at radius 2 is 1.58 bits per heavy atom. The number of aryl methyl sites for hydroxylation is 3. The minimum atomic E-state index is -0.503. The van der Waals surface area contributed by atoms with Crippen LogP contribution in [0.4, 0.5) is 5.13 Å². The van der Waals surface area contributed by atoms with Crippen molar-refractivity contribution in [1.82, 2.24) is 23.7 Å². The van der Waals surface area contributed by atoms with Crippen molar-refractivity contribution in [2.24, 2.45) is 14.1 Å². The van der Waals surface area contributed by atoms with Crippen LogP contribution in [0.2, 0.25) is 0 Å². The smallest absolute Gasteiger partial charge is 0.315 e. The number of benzene rings is 2. The lowest BCUT2D eigenvalue weighted by Crippen LogP contribution is -2.37. The second kappa shape index (κ2) is 9.04. The van der Waals surface area contributed by atoms with Crippen LogP contribution in [0.25, 0.3) is 32.9 Å². The van der Waals surface area contributed by atoms with Crippen LogP contribution < -0.4 is 16.6 Å². The highest BCUT2D eigenvalue weighted by molar-refractivity contribution is 7.19. The lowest BCUT2D eigenvalue weighted by molar-refractivity contribution is -0.116. The number of nitrogens with one attached hydrogen (secondary N) is 1. The molecule has 0 saturated carbocycles. The van der Waals surface area contributed by atoms with Gasteiger partial charge in [-0.05, 0) is 30.5 Å². The summed E-state index contributed by atoms with van der Waals surface area (Å²) in [5, 5.41) is 3.35. The van der Waals surface area contributed by atoms with E-state index in [1.165, 1.54) is 40.9 Å². The van der Waals surface area contributed by atoms with Gasteiger partial charge >= 0.3 is 5.69 Å². The Morgan fingerprint density at radius 1 is 0.944 bits per heavy atom. The third kappa shape index (κ3) is 3.95. The molecule has 0 unspecified atom stereocenters. The molecule has 0 aliphatic heterocycles. The Kier molecular flexibility index (Phi) is 5.89. The number of hydrogen-bond acceptors (Lipinski definition) is 6. The molecule has 0 aliphatic rings. The summed E-state index contributed by atoms with van der Waals surface area (Å²) in [7, 11) is 2.94. The summed E-state index contributed by atoms with van der Waals surface area (Å²) in [6, 6.07) is 16.1. The molecule has 1 amide bonds. The Labute approximate surface area is 210 Å². The zero-order valence-electron chi connectivity index (χ0n) is 20.3. The fourth-order valence-electron chi connectivity index (χ4n) is 4.24. The number of amides is 1. The normalized spacial score (nSPS) is 11.2. The van der Waals surface area contributed by atoms with Crippen molar-refractivity contribution in [1.29, 1.82) is 0 Å². The standard InChI is InChI=1S/C26H24N6O3S/c1-15-9-5-7-11-17(15)20-22(18-12-8-6-10-16(18)2)36-25(29-20)28-19(33)13-32-14-27-23-21(32)24(34)31(4)26(35)30(23)3/h5-12,14H,13H2,1-4H3,(H,28,29,33). The number of thiazole rings is 1. The quantitative estimate of drug-likeness (QED) is 0.398. The molecule has 0 atom stereocenters. The maximum atomic E-state index is 13.0. The van der Waals surface area contributed by atoms with Gasteiger partial charge in [0.25, 0.3) is 5.56 Å². The Balaban J connectivity index is 1.52. The van der Waals surface area contributed by atoms with E-state index in [9.17, 15) is 14.4 Å². The van der Waals surface area contributed by atoms with E-state index in [2.05, 4.69) is 10.3 Å². The largest absolute Gasteiger partial charge is 0.332 e. The number of fused-ring (bicyclic) bond motifs is 1. The lowest BCUT2D eigenvalue weighted by atomic mass is 10.0. The Bertz CT molecular complexity index is 1690. The monoisotopic (exact) mass is 500 g/mol. The van der Waals surface area contributed by atoms with E-state index >= 15 is 0 Å². The molecule has 0 radical (unpaired) electrons. The molecule has 10 heteroatoms. The van der Waals surface area contributed by atoms with Gasteiger partial charge in [0, 0.05) is 19.7 Å². The summed E-state index contributed by atoms with van der Waals surface area (Å²) in [5.74, 6) is -0.355. The van der Waals surface area contributed by atoms with Gasteiger partial charge in [0.2, 0.25) is 5.91 Å². The van der Waals surface area contributed by atoms with E-state index in [1.54, 1.807) is 0 Å². The second-order valence-corrected chi connectivity index (χ2v) is 9.62. The summed E-state index contributed by atoms with van der Waals surface area (Å²) < 4.78 is 3.74. The average molecular weight is 501 g/mol. The van der Waals surface area contributed by atoms with Gasteiger partial charge in [0.15, 0.2) is 16.3 Å². The highest BCUT2D eigenvalue weighted by Gasteiger charge is 2.20. The molecule has 36 heavy (non-hydrogen) atoms. The van der Waals surface area contributed by atoms with Gasteiger partial charge < -0.3 is 9.88 Å². The zero-order valence-corrected chi connectivity index (χ0v) is 21.1. The number of imidazole rings is 1. The first kappa shape index (κ1) is 23.4. The van der Waals surface area contributed by atoms with E-state index in [4.69, 9.17) is 4.98 Å². The van der Waals surface area contributed by atoms with Crippen LogP contribution in [-0.4, -0.2) is 29.6 Å². The molecule has 182 valence electrons. The Hall–Kier alpha value is -4.31. The molecule has 0 aliphatic carbocycles. The number of aromatic nitrogens is 5. The van der Waals surface area contributed by atoms with Gasteiger partial charge in [-0.2, -0.15) is 0 Å². The van der Waals surface area contributed by atoms with E-state index < -0.39 is 11.2 Å². The van der Waals surface area contributed by atoms with Gasteiger partial charge in [-0.25, -0.2) is 14.8 Å². The third-order valence-electron chi connectivity index (χ3n) is 6.19. The number of nitrogens with zero attached hydrogens (tertiary/aromatic N) is 5. The van der Waals surface area contributed by atoms with Gasteiger partial charge in [-0.1, -0.05) is 59.9 Å². The number of rotatable bonds is 5. The first-order valence-corrected chi connectivity index (χ1v) is 12.1. The summed E-state index contributed by atoms with van der Waals surface area (Å²) in [6.45, 7) is 3.93. The number of carbonyl (C=O) groups is 1. The molecule has 3 heterocycles. The average Bonchev–Trinajstić information content (AvgIpc) is 3.46. The summed E-state index contributed by atoms with van der Waals surface area (Å²) in [6.07, 6.45) is 1.39. The fraction of sp³-hybridized carbons (Fsp3) is 0.192. The van der Waals surface area contributed by atoms with Crippen LogP contribution in [0.5, 0.6) is 0 Å². The molecule has 1 N–H and O–H groups in total. The van der Waals surface area contributed by atoms with Crippen molar-refractivity contribution in [3.05, 3.63) is 86.8 Å². The summed E-state index contributed by atoms with van der Waals surface area (Å²) in [5.41, 5.74) is 4.50. The topological polar surface area (TPSA) is 104 Å². The molecule has 2 aromatic carbocycles. The van der Waals surface area contributed by atoms with Crippen LogP contribution in [0.15, 0.2) is 64.4 Å². The maximum absolute atomic E-state index is 13.0. The van der Waals surface area contributed by atoms with Gasteiger partial charge in [-0.3, -0.25) is 18.7 Å². The van der Waals surface area contributed by atoms with Crippen molar-refractivity contribution < 1.29 is 4.79 Å². The van der Waals surface area contributed by atoms with E-state index in [1.807, 2.05) is 62.4 Å². The molecule has 5 aromatic rings. The first-order chi connectivity index (χ1) is 17.3. The van der Waals surface area contributed by atoms with E-state index in [0.29, 0.717) is 5.13 Å². The Morgan fingerprint density at radius 3 is 2.25 bits per heavy atom. The predicted molar refractivity (Wildman–Crippen MR) is 141 cm³/mol.